The predicted octanol–water partition coefficient (Wildman–Crippen LogP) is 4.68. The highest BCUT2D eigenvalue weighted by Crippen LogP contribution is 2.25. The Morgan fingerprint density at radius 2 is 1.78 bits per heavy atom. The molecule has 0 unspecified atom stereocenters. The molecule has 2 aromatic rings. The molecule has 0 N–H and O–H groups in total. The molecular weight excluding hydrogens is 220 g/mol. The Bertz CT molecular complexity index is 497. The Hall–Kier alpha value is -1.76. The first-order valence-corrected chi connectivity index (χ1v) is 6.45. The Labute approximate surface area is 109 Å². The van der Waals surface area contributed by atoms with Crippen molar-refractivity contribution < 1.29 is 4.74 Å². The average Bonchev–Trinajstić information content (AvgIpc) is 2.40. The molecule has 0 aliphatic heterocycles. The van der Waals surface area contributed by atoms with Gasteiger partial charge in [0.2, 0.25) is 0 Å². The van der Waals surface area contributed by atoms with Crippen LogP contribution in [0, 0.1) is 6.07 Å². The molecule has 0 saturated heterocycles. The van der Waals surface area contributed by atoms with E-state index in [1.807, 2.05) is 25.1 Å². The summed E-state index contributed by atoms with van der Waals surface area (Å²) in [5.74, 6) is 1.43. The van der Waals surface area contributed by atoms with Crippen LogP contribution in [-0.4, -0.2) is 6.61 Å². The lowest BCUT2D eigenvalue weighted by Crippen LogP contribution is -1.91. The summed E-state index contributed by atoms with van der Waals surface area (Å²) in [5.41, 5.74) is 3.70. The smallest absolute Gasteiger partial charge is 0.119 e. The molecule has 0 aromatic heterocycles. The van der Waals surface area contributed by atoms with Gasteiger partial charge in [0.05, 0.1) is 6.61 Å². The highest BCUT2D eigenvalue weighted by Gasteiger charge is 2.03. The van der Waals surface area contributed by atoms with Crippen molar-refractivity contribution in [2.75, 3.05) is 6.61 Å². The van der Waals surface area contributed by atoms with Gasteiger partial charge in [-0.15, -0.1) is 0 Å². The summed E-state index contributed by atoms with van der Waals surface area (Å²) >= 11 is 0. The van der Waals surface area contributed by atoms with Crippen molar-refractivity contribution in [3.05, 3.63) is 54.1 Å². The lowest BCUT2D eigenvalue weighted by atomic mass is 9.97. The van der Waals surface area contributed by atoms with E-state index in [0.29, 0.717) is 12.5 Å². The van der Waals surface area contributed by atoms with Crippen molar-refractivity contribution in [3.63, 3.8) is 0 Å². The van der Waals surface area contributed by atoms with Crippen LogP contribution in [0.5, 0.6) is 5.75 Å². The molecule has 1 radical (unpaired) electrons. The molecule has 93 valence electrons. The standard InChI is InChI=1S/C17H19O/c1-4-18-17-10-8-14(9-11-17)16-7-5-6-15(12-16)13(2)3/h5,7-13H,4H2,1-3H3. The molecule has 1 nitrogen and oxygen atoms in total. The second-order valence-corrected chi connectivity index (χ2v) is 4.64. The summed E-state index contributed by atoms with van der Waals surface area (Å²) < 4.78 is 5.45. The minimum Gasteiger partial charge on any atom is -0.494 e. The second kappa shape index (κ2) is 5.72. The van der Waals surface area contributed by atoms with Gasteiger partial charge in [-0.05, 0) is 47.7 Å². The first kappa shape index (κ1) is 12.7. The van der Waals surface area contributed by atoms with Gasteiger partial charge in [0, 0.05) is 0 Å². The van der Waals surface area contributed by atoms with Crippen molar-refractivity contribution in [3.8, 4) is 16.9 Å². The van der Waals surface area contributed by atoms with Crippen molar-refractivity contribution >= 4 is 0 Å². The van der Waals surface area contributed by atoms with Gasteiger partial charge in [0.1, 0.15) is 5.75 Å². The molecule has 0 bridgehead atoms. The van der Waals surface area contributed by atoms with Gasteiger partial charge < -0.3 is 4.74 Å². The van der Waals surface area contributed by atoms with Crippen LogP contribution in [0.1, 0.15) is 32.3 Å². The molecule has 2 aromatic carbocycles. The van der Waals surface area contributed by atoms with E-state index in [1.54, 1.807) is 0 Å². The van der Waals surface area contributed by atoms with Crippen LogP contribution >= 0.6 is 0 Å². The molecule has 0 heterocycles. The highest BCUT2D eigenvalue weighted by atomic mass is 16.5. The summed E-state index contributed by atoms with van der Waals surface area (Å²) in [6, 6.07) is 17.8. The van der Waals surface area contributed by atoms with E-state index in [0.717, 1.165) is 5.75 Å². The van der Waals surface area contributed by atoms with Crippen LogP contribution in [0.4, 0.5) is 0 Å². The average molecular weight is 239 g/mol. The van der Waals surface area contributed by atoms with Crippen LogP contribution in [0.15, 0.2) is 42.5 Å². The zero-order valence-corrected chi connectivity index (χ0v) is 11.2. The lowest BCUT2D eigenvalue weighted by Gasteiger charge is -2.09. The minimum atomic E-state index is 0.507. The van der Waals surface area contributed by atoms with Crippen molar-refractivity contribution in [1.29, 1.82) is 0 Å². The predicted molar refractivity (Wildman–Crippen MR) is 76.0 cm³/mol. The van der Waals surface area contributed by atoms with E-state index in [2.05, 4.69) is 44.2 Å². The third-order valence-corrected chi connectivity index (χ3v) is 2.94. The van der Waals surface area contributed by atoms with Gasteiger partial charge in [-0.3, -0.25) is 0 Å². The van der Waals surface area contributed by atoms with Crippen molar-refractivity contribution in [1.82, 2.24) is 0 Å². The van der Waals surface area contributed by atoms with Gasteiger partial charge in [-0.2, -0.15) is 0 Å². The fraction of sp³-hybridized carbons (Fsp3) is 0.294. The van der Waals surface area contributed by atoms with E-state index >= 15 is 0 Å². The molecule has 0 spiro atoms. The largest absolute Gasteiger partial charge is 0.494 e. The van der Waals surface area contributed by atoms with Gasteiger partial charge in [0.25, 0.3) is 0 Å². The Kier molecular flexibility index (Phi) is 4.03. The summed E-state index contributed by atoms with van der Waals surface area (Å²) in [6.07, 6.45) is 0. The molecule has 0 saturated carbocycles. The van der Waals surface area contributed by atoms with E-state index in [1.165, 1.54) is 16.7 Å². The van der Waals surface area contributed by atoms with Crippen molar-refractivity contribution in [2.24, 2.45) is 0 Å². The summed E-state index contributed by atoms with van der Waals surface area (Å²) in [6.45, 7) is 7.08. The zero-order valence-electron chi connectivity index (χ0n) is 11.2. The fourth-order valence-electron chi connectivity index (χ4n) is 1.91. The van der Waals surface area contributed by atoms with Gasteiger partial charge in [-0.1, -0.05) is 44.2 Å². The van der Waals surface area contributed by atoms with E-state index in [-0.39, 0.29) is 0 Å². The third-order valence-electron chi connectivity index (χ3n) is 2.94. The second-order valence-electron chi connectivity index (χ2n) is 4.64. The number of rotatable bonds is 4. The summed E-state index contributed by atoms with van der Waals surface area (Å²) in [7, 11) is 0. The van der Waals surface area contributed by atoms with Crippen LogP contribution in [0.2, 0.25) is 0 Å². The van der Waals surface area contributed by atoms with E-state index < -0.39 is 0 Å². The monoisotopic (exact) mass is 239 g/mol. The Morgan fingerprint density at radius 3 is 2.39 bits per heavy atom. The van der Waals surface area contributed by atoms with Gasteiger partial charge in [0.15, 0.2) is 0 Å². The highest BCUT2D eigenvalue weighted by molar-refractivity contribution is 5.65. The summed E-state index contributed by atoms with van der Waals surface area (Å²) in [4.78, 5) is 0. The molecule has 0 fully saturated rings. The maximum Gasteiger partial charge on any atom is 0.119 e. The Balaban J connectivity index is 2.28. The normalized spacial score (nSPS) is 10.7. The van der Waals surface area contributed by atoms with Crippen molar-refractivity contribution in [2.45, 2.75) is 26.7 Å². The Morgan fingerprint density at radius 1 is 1.06 bits per heavy atom. The molecular formula is C17H19O. The van der Waals surface area contributed by atoms with Crippen LogP contribution in [0.3, 0.4) is 0 Å². The first-order chi connectivity index (χ1) is 8.70. The van der Waals surface area contributed by atoms with E-state index in [9.17, 15) is 0 Å². The van der Waals surface area contributed by atoms with E-state index in [4.69, 9.17) is 4.74 Å². The first-order valence-electron chi connectivity index (χ1n) is 6.45. The molecule has 0 amide bonds. The quantitative estimate of drug-likeness (QED) is 0.753. The van der Waals surface area contributed by atoms with Gasteiger partial charge in [-0.25, -0.2) is 0 Å². The maximum atomic E-state index is 5.45. The zero-order chi connectivity index (χ0) is 13.0. The maximum absolute atomic E-state index is 5.45. The number of hydrogen-bond acceptors (Lipinski definition) is 1. The van der Waals surface area contributed by atoms with Crippen LogP contribution in [0.25, 0.3) is 11.1 Å². The number of hydrogen-bond donors (Lipinski definition) is 0. The summed E-state index contributed by atoms with van der Waals surface area (Å²) in [5, 5.41) is 0. The lowest BCUT2D eigenvalue weighted by molar-refractivity contribution is 0.340. The fourth-order valence-corrected chi connectivity index (χ4v) is 1.91. The van der Waals surface area contributed by atoms with Gasteiger partial charge >= 0.3 is 0 Å². The molecule has 2 rings (SSSR count). The SMILES string of the molecule is CCOc1ccc(-c2cc[c]c(C(C)C)c2)cc1. The van der Waals surface area contributed by atoms with Crippen LogP contribution < -0.4 is 4.74 Å². The molecule has 0 aliphatic carbocycles. The molecule has 18 heavy (non-hydrogen) atoms. The third kappa shape index (κ3) is 2.92. The number of benzene rings is 2. The topological polar surface area (TPSA) is 9.23 Å². The molecule has 1 heteroatoms. The molecule has 0 atom stereocenters. The minimum absolute atomic E-state index is 0.507. The molecule has 0 aliphatic rings. The number of ether oxygens (including phenoxy) is 1. The van der Waals surface area contributed by atoms with Crippen LogP contribution in [-0.2, 0) is 0 Å².